The number of hydrogen-bond acceptors (Lipinski definition) is 6. The van der Waals surface area contributed by atoms with Crippen molar-refractivity contribution in [3.63, 3.8) is 0 Å². The van der Waals surface area contributed by atoms with E-state index in [9.17, 15) is 24.0 Å². The van der Waals surface area contributed by atoms with Crippen LogP contribution in [0.4, 0.5) is 0 Å². The maximum absolute atomic E-state index is 12.7. The maximum atomic E-state index is 12.7. The molecule has 0 aromatic heterocycles. The van der Waals surface area contributed by atoms with Crippen LogP contribution in [0.15, 0.2) is 0 Å². The minimum absolute atomic E-state index is 0.198. The van der Waals surface area contributed by atoms with E-state index >= 15 is 0 Å². The molecule has 1 heterocycles. The van der Waals surface area contributed by atoms with Gasteiger partial charge in [0.25, 0.3) is 0 Å². The first-order chi connectivity index (χ1) is 13.4. The Labute approximate surface area is 169 Å². The Hall–Kier alpha value is -2.69. The van der Waals surface area contributed by atoms with Gasteiger partial charge in [0.2, 0.25) is 17.7 Å². The third kappa shape index (κ3) is 7.33. The van der Waals surface area contributed by atoms with E-state index in [4.69, 9.17) is 15.9 Å². The normalized spacial score (nSPS) is 19.3. The van der Waals surface area contributed by atoms with Crippen LogP contribution in [0, 0.1) is 5.92 Å². The summed E-state index contributed by atoms with van der Waals surface area (Å²) in [6, 6.07) is -4.34. The molecule has 0 spiro atoms. The number of amides is 3. The number of nitrogens with one attached hydrogen (secondary N) is 2. The largest absolute Gasteiger partial charge is 0.481 e. The zero-order valence-corrected chi connectivity index (χ0v) is 16.9. The number of rotatable bonds is 10. The van der Waals surface area contributed by atoms with Gasteiger partial charge in [-0.15, -0.1) is 0 Å². The molecule has 1 rings (SSSR count). The number of carboxylic acid groups (broad SMARTS) is 2. The highest BCUT2D eigenvalue weighted by molar-refractivity contribution is 5.95. The fourth-order valence-corrected chi connectivity index (χ4v) is 3.15. The Balaban J connectivity index is 2.86. The highest BCUT2D eigenvalue weighted by Gasteiger charge is 2.38. The Kier molecular flexibility index (Phi) is 9.02. The van der Waals surface area contributed by atoms with Gasteiger partial charge < -0.3 is 31.5 Å². The summed E-state index contributed by atoms with van der Waals surface area (Å²) in [4.78, 5) is 60.8. The summed E-state index contributed by atoms with van der Waals surface area (Å²) in [6.45, 7) is 5.41. The topological polar surface area (TPSA) is 179 Å². The summed E-state index contributed by atoms with van der Waals surface area (Å²) in [5.41, 5.74) is 5.94. The van der Waals surface area contributed by atoms with Crippen LogP contribution in [0.3, 0.4) is 0 Å². The van der Waals surface area contributed by atoms with Crippen LogP contribution in [-0.2, 0) is 24.0 Å². The first-order valence-corrected chi connectivity index (χ1v) is 9.55. The molecule has 11 nitrogen and oxygen atoms in total. The van der Waals surface area contributed by atoms with Crippen LogP contribution >= 0.6 is 0 Å². The van der Waals surface area contributed by atoms with Crippen molar-refractivity contribution in [1.82, 2.24) is 15.5 Å². The average Bonchev–Trinajstić information content (AvgIpc) is 3.08. The molecule has 0 bridgehead atoms. The molecular weight excluding hydrogens is 384 g/mol. The molecule has 29 heavy (non-hydrogen) atoms. The molecule has 3 amide bonds. The molecular formula is C18H30N4O7. The quantitative estimate of drug-likeness (QED) is 0.299. The van der Waals surface area contributed by atoms with E-state index in [2.05, 4.69) is 10.6 Å². The monoisotopic (exact) mass is 414 g/mol. The fraction of sp³-hybridized carbons (Fsp3) is 0.722. The van der Waals surface area contributed by atoms with Crippen molar-refractivity contribution in [2.45, 2.75) is 70.6 Å². The second-order valence-electron chi connectivity index (χ2n) is 7.65. The van der Waals surface area contributed by atoms with E-state index in [-0.39, 0.29) is 11.8 Å². The molecule has 1 aliphatic heterocycles. The summed E-state index contributed by atoms with van der Waals surface area (Å²) in [7, 11) is 0. The highest BCUT2D eigenvalue weighted by atomic mass is 16.4. The van der Waals surface area contributed by atoms with Gasteiger partial charge in [-0.25, -0.2) is 0 Å². The predicted octanol–water partition coefficient (Wildman–Crippen LogP) is -1.10. The molecule has 4 unspecified atom stereocenters. The van der Waals surface area contributed by atoms with Crippen LogP contribution in [0.5, 0.6) is 0 Å². The smallest absolute Gasteiger partial charge is 0.325 e. The van der Waals surface area contributed by atoms with Crippen molar-refractivity contribution in [3.8, 4) is 0 Å². The summed E-state index contributed by atoms with van der Waals surface area (Å²) < 4.78 is 0. The van der Waals surface area contributed by atoms with E-state index in [1.165, 1.54) is 11.8 Å². The molecule has 0 saturated carbocycles. The molecule has 0 aliphatic carbocycles. The van der Waals surface area contributed by atoms with Gasteiger partial charge in [0.05, 0.1) is 12.5 Å². The molecule has 0 aromatic rings. The van der Waals surface area contributed by atoms with Crippen molar-refractivity contribution in [2.75, 3.05) is 6.54 Å². The van der Waals surface area contributed by atoms with Gasteiger partial charge in [-0.05, 0) is 32.1 Å². The van der Waals surface area contributed by atoms with Crippen LogP contribution in [0.2, 0.25) is 0 Å². The molecule has 1 saturated heterocycles. The Morgan fingerprint density at radius 1 is 1.10 bits per heavy atom. The summed E-state index contributed by atoms with van der Waals surface area (Å²) in [5, 5.41) is 22.4. The van der Waals surface area contributed by atoms with E-state index in [0.717, 1.165) is 0 Å². The first-order valence-electron chi connectivity index (χ1n) is 9.55. The molecule has 11 heteroatoms. The lowest BCUT2D eigenvalue weighted by Gasteiger charge is -2.28. The number of likely N-dealkylation sites (tertiary alicyclic amines) is 1. The lowest BCUT2D eigenvalue weighted by molar-refractivity contribution is -0.144. The number of carboxylic acids is 2. The Morgan fingerprint density at radius 2 is 1.72 bits per heavy atom. The van der Waals surface area contributed by atoms with Gasteiger partial charge >= 0.3 is 11.9 Å². The standard InChI is InChI=1S/C18H30N4O7/c1-9(2)7-11(19)17(27)22-6-4-5-13(22)16(26)21-12(8-14(23)24)15(25)20-10(3)18(28)29/h9-13H,4-8,19H2,1-3H3,(H,20,25)(H,21,26)(H,23,24)(H,28,29). The first kappa shape index (κ1) is 24.3. The molecule has 1 aliphatic rings. The number of hydrogen-bond donors (Lipinski definition) is 5. The van der Waals surface area contributed by atoms with Crippen LogP contribution < -0.4 is 16.4 Å². The van der Waals surface area contributed by atoms with Crippen molar-refractivity contribution < 1.29 is 34.2 Å². The lowest BCUT2D eigenvalue weighted by Crippen LogP contribution is -2.56. The lowest BCUT2D eigenvalue weighted by atomic mass is 10.0. The van der Waals surface area contributed by atoms with Crippen LogP contribution in [-0.4, -0.2) is 75.5 Å². The van der Waals surface area contributed by atoms with Gasteiger partial charge in [-0.2, -0.15) is 0 Å². The highest BCUT2D eigenvalue weighted by Crippen LogP contribution is 2.20. The van der Waals surface area contributed by atoms with Crippen molar-refractivity contribution in [1.29, 1.82) is 0 Å². The van der Waals surface area contributed by atoms with E-state index in [0.29, 0.717) is 25.8 Å². The molecule has 0 aromatic carbocycles. The molecule has 6 N–H and O–H groups in total. The van der Waals surface area contributed by atoms with E-state index < -0.39 is 54.3 Å². The van der Waals surface area contributed by atoms with Crippen molar-refractivity contribution in [3.05, 3.63) is 0 Å². The van der Waals surface area contributed by atoms with Gasteiger partial charge in [0.1, 0.15) is 18.1 Å². The number of aliphatic carboxylic acids is 2. The van der Waals surface area contributed by atoms with Crippen LogP contribution in [0.25, 0.3) is 0 Å². The second kappa shape index (κ2) is 10.7. The van der Waals surface area contributed by atoms with Gasteiger partial charge in [0.15, 0.2) is 0 Å². The third-order valence-corrected chi connectivity index (χ3v) is 4.62. The minimum Gasteiger partial charge on any atom is -0.481 e. The third-order valence-electron chi connectivity index (χ3n) is 4.62. The molecule has 164 valence electrons. The zero-order chi connectivity index (χ0) is 22.3. The summed E-state index contributed by atoms with van der Waals surface area (Å²) in [6.07, 6.45) is 0.668. The number of carbonyl (C=O) groups excluding carboxylic acids is 3. The Morgan fingerprint density at radius 3 is 2.24 bits per heavy atom. The number of nitrogens with zero attached hydrogens (tertiary/aromatic N) is 1. The van der Waals surface area contributed by atoms with Crippen molar-refractivity contribution in [2.24, 2.45) is 11.7 Å². The van der Waals surface area contributed by atoms with Crippen LogP contribution in [0.1, 0.15) is 46.5 Å². The Bertz CT molecular complexity index is 652. The summed E-state index contributed by atoms with van der Waals surface area (Å²) >= 11 is 0. The SMILES string of the molecule is CC(C)CC(N)C(=O)N1CCCC1C(=O)NC(CC(=O)O)C(=O)NC(C)C(=O)O. The molecule has 0 radical (unpaired) electrons. The number of nitrogens with two attached hydrogens (primary N) is 1. The zero-order valence-electron chi connectivity index (χ0n) is 16.9. The van der Waals surface area contributed by atoms with Gasteiger partial charge in [0, 0.05) is 6.54 Å². The summed E-state index contributed by atoms with van der Waals surface area (Å²) in [5.74, 6) is -4.41. The average molecular weight is 414 g/mol. The molecule has 4 atom stereocenters. The second-order valence-corrected chi connectivity index (χ2v) is 7.65. The minimum atomic E-state index is -1.47. The van der Waals surface area contributed by atoms with Crippen molar-refractivity contribution >= 4 is 29.7 Å². The molecule has 1 fully saturated rings. The number of carbonyl (C=O) groups is 5. The van der Waals surface area contributed by atoms with Gasteiger partial charge in [-0.3, -0.25) is 24.0 Å². The predicted molar refractivity (Wildman–Crippen MR) is 102 cm³/mol. The fourth-order valence-electron chi connectivity index (χ4n) is 3.15. The van der Waals surface area contributed by atoms with E-state index in [1.807, 2.05) is 13.8 Å². The maximum Gasteiger partial charge on any atom is 0.325 e. The van der Waals surface area contributed by atoms with E-state index in [1.54, 1.807) is 0 Å². The van der Waals surface area contributed by atoms with Gasteiger partial charge in [-0.1, -0.05) is 13.8 Å².